The largest absolute Gasteiger partial charge is 0.392 e. The number of hydrogen-bond donors (Lipinski definition) is 3. The van der Waals surface area contributed by atoms with Gasteiger partial charge in [-0.05, 0) is 35.7 Å². The van der Waals surface area contributed by atoms with Crippen molar-refractivity contribution in [1.82, 2.24) is 5.32 Å². The van der Waals surface area contributed by atoms with Gasteiger partial charge in [-0.3, -0.25) is 0 Å². The maximum atomic E-state index is 13.4. The zero-order valence-electron chi connectivity index (χ0n) is 11.7. The molecule has 4 nitrogen and oxygen atoms in total. The summed E-state index contributed by atoms with van der Waals surface area (Å²) in [7, 11) is 0. The summed E-state index contributed by atoms with van der Waals surface area (Å²) in [5.41, 5.74) is 2.52. The van der Waals surface area contributed by atoms with Gasteiger partial charge in [-0.1, -0.05) is 30.3 Å². The molecule has 0 fully saturated rings. The molecule has 2 aromatic carbocycles. The van der Waals surface area contributed by atoms with Crippen molar-refractivity contribution in [2.45, 2.75) is 20.1 Å². The average Bonchev–Trinajstić information content (AvgIpc) is 2.49. The van der Waals surface area contributed by atoms with Crippen molar-refractivity contribution in [2.75, 3.05) is 5.32 Å². The lowest BCUT2D eigenvalue weighted by atomic mass is 10.1. The van der Waals surface area contributed by atoms with Crippen LogP contribution < -0.4 is 10.6 Å². The van der Waals surface area contributed by atoms with E-state index in [2.05, 4.69) is 10.6 Å². The summed E-state index contributed by atoms with van der Waals surface area (Å²) in [4.78, 5) is 11.8. The zero-order valence-corrected chi connectivity index (χ0v) is 11.7. The zero-order chi connectivity index (χ0) is 15.2. The van der Waals surface area contributed by atoms with Crippen LogP contribution in [-0.2, 0) is 13.2 Å². The Morgan fingerprint density at radius 2 is 1.90 bits per heavy atom. The summed E-state index contributed by atoms with van der Waals surface area (Å²) in [5.74, 6) is -0.363. The van der Waals surface area contributed by atoms with Crippen LogP contribution in [0.1, 0.15) is 16.7 Å². The standard InChI is InChI=1S/C16H17FN2O2/c1-11-6-7-14(8-15(11)17)19-16(21)18-9-12-4-2-3-5-13(12)10-20/h2-8,20H,9-10H2,1H3,(H2,18,19,21). The fourth-order valence-corrected chi connectivity index (χ4v) is 1.91. The molecule has 2 rings (SSSR count). The summed E-state index contributed by atoms with van der Waals surface area (Å²) in [6.07, 6.45) is 0. The van der Waals surface area contributed by atoms with Crippen molar-refractivity contribution in [2.24, 2.45) is 0 Å². The van der Waals surface area contributed by atoms with Crippen LogP contribution >= 0.6 is 0 Å². The molecule has 2 amide bonds. The van der Waals surface area contributed by atoms with Gasteiger partial charge in [0.2, 0.25) is 0 Å². The Morgan fingerprint density at radius 3 is 2.57 bits per heavy atom. The number of rotatable bonds is 4. The van der Waals surface area contributed by atoms with Crippen LogP contribution in [0.2, 0.25) is 0 Å². The Balaban J connectivity index is 1.94. The van der Waals surface area contributed by atoms with E-state index in [-0.39, 0.29) is 19.0 Å². The van der Waals surface area contributed by atoms with Gasteiger partial charge in [-0.25, -0.2) is 9.18 Å². The summed E-state index contributed by atoms with van der Waals surface area (Å²) >= 11 is 0. The van der Waals surface area contributed by atoms with Crippen LogP contribution in [0.5, 0.6) is 0 Å². The fourth-order valence-electron chi connectivity index (χ4n) is 1.91. The van der Waals surface area contributed by atoms with E-state index in [0.29, 0.717) is 11.3 Å². The first kappa shape index (κ1) is 15.0. The topological polar surface area (TPSA) is 61.4 Å². The van der Waals surface area contributed by atoms with Crippen molar-refractivity contribution in [3.8, 4) is 0 Å². The van der Waals surface area contributed by atoms with Gasteiger partial charge in [0, 0.05) is 12.2 Å². The molecule has 0 unspecified atom stereocenters. The first-order valence-corrected chi connectivity index (χ1v) is 6.59. The molecule has 0 spiro atoms. The molecule has 0 aromatic heterocycles. The molecule has 5 heteroatoms. The van der Waals surface area contributed by atoms with Gasteiger partial charge >= 0.3 is 6.03 Å². The van der Waals surface area contributed by atoms with Crippen LogP contribution in [0.4, 0.5) is 14.9 Å². The molecular formula is C16H17FN2O2. The first-order valence-electron chi connectivity index (χ1n) is 6.59. The summed E-state index contributed by atoms with van der Waals surface area (Å²) < 4.78 is 13.4. The van der Waals surface area contributed by atoms with Gasteiger partial charge in [0.05, 0.1) is 6.61 Å². The molecule has 0 aliphatic heterocycles. The third-order valence-corrected chi connectivity index (χ3v) is 3.16. The van der Waals surface area contributed by atoms with Crippen LogP contribution in [-0.4, -0.2) is 11.1 Å². The quantitative estimate of drug-likeness (QED) is 0.810. The van der Waals surface area contributed by atoms with Crippen molar-refractivity contribution >= 4 is 11.7 Å². The highest BCUT2D eigenvalue weighted by Gasteiger charge is 2.06. The maximum absolute atomic E-state index is 13.4. The molecule has 0 saturated heterocycles. The Hall–Kier alpha value is -2.40. The molecule has 0 aliphatic carbocycles. The number of urea groups is 1. The molecular weight excluding hydrogens is 271 g/mol. The van der Waals surface area contributed by atoms with E-state index in [1.54, 1.807) is 25.1 Å². The van der Waals surface area contributed by atoms with Crippen molar-refractivity contribution in [3.63, 3.8) is 0 Å². The average molecular weight is 288 g/mol. The van der Waals surface area contributed by atoms with Gasteiger partial charge in [0.25, 0.3) is 0 Å². The predicted molar refractivity (Wildman–Crippen MR) is 79.4 cm³/mol. The minimum atomic E-state index is -0.425. The molecule has 0 atom stereocenters. The van der Waals surface area contributed by atoms with E-state index in [1.807, 2.05) is 18.2 Å². The normalized spacial score (nSPS) is 10.2. The predicted octanol–water partition coefficient (Wildman–Crippen LogP) is 2.95. The molecule has 21 heavy (non-hydrogen) atoms. The lowest BCUT2D eigenvalue weighted by molar-refractivity contribution is 0.251. The number of carbonyl (C=O) groups excluding carboxylic acids is 1. The number of aliphatic hydroxyl groups excluding tert-OH is 1. The number of benzene rings is 2. The number of amides is 2. The van der Waals surface area contributed by atoms with E-state index in [4.69, 9.17) is 0 Å². The molecule has 3 N–H and O–H groups in total. The molecule has 0 heterocycles. The van der Waals surface area contributed by atoms with Crippen LogP contribution in [0.3, 0.4) is 0 Å². The van der Waals surface area contributed by atoms with Gasteiger partial charge in [-0.2, -0.15) is 0 Å². The third-order valence-electron chi connectivity index (χ3n) is 3.16. The Bertz CT molecular complexity index is 644. The molecule has 0 aliphatic rings. The molecule has 0 radical (unpaired) electrons. The Morgan fingerprint density at radius 1 is 1.19 bits per heavy atom. The highest BCUT2D eigenvalue weighted by Crippen LogP contribution is 2.13. The van der Waals surface area contributed by atoms with Crippen LogP contribution in [0.25, 0.3) is 0 Å². The number of aliphatic hydroxyl groups is 1. The van der Waals surface area contributed by atoms with Crippen molar-refractivity contribution in [1.29, 1.82) is 0 Å². The minimum Gasteiger partial charge on any atom is -0.392 e. The summed E-state index contributed by atoms with van der Waals surface area (Å²) in [6.45, 7) is 1.87. The highest BCUT2D eigenvalue weighted by atomic mass is 19.1. The summed E-state index contributed by atoms with van der Waals surface area (Å²) in [5, 5.41) is 14.4. The van der Waals surface area contributed by atoms with Crippen LogP contribution in [0, 0.1) is 12.7 Å². The van der Waals surface area contributed by atoms with E-state index in [9.17, 15) is 14.3 Å². The fraction of sp³-hybridized carbons (Fsp3) is 0.188. The Kier molecular flexibility index (Phi) is 4.90. The molecule has 110 valence electrons. The third kappa shape index (κ3) is 4.03. The number of halogens is 1. The monoisotopic (exact) mass is 288 g/mol. The minimum absolute atomic E-state index is 0.0807. The van der Waals surface area contributed by atoms with Gasteiger partial charge < -0.3 is 15.7 Å². The van der Waals surface area contributed by atoms with Crippen molar-refractivity contribution < 1.29 is 14.3 Å². The molecule has 0 bridgehead atoms. The summed E-state index contributed by atoms with van der Waals surface area (Å²) in [6, 6.07) is 11.4. The second kappa shape index (κ2) is 6.85. The number of aryl methyl sites for hydroxylation is 1. The van der Waals surface area contributed by atoms with E-state index in [1.165, 1.54) is 6.07 Å². The van der Waals surface area contributed by atoms with E-state index >= 15 is 0 Å². The first-order chi connectivity index (χ1) is 10.1. The lowest BCUT2D eigenvalue weighted by Gasteiger charge is -2.10. The van der Waals surface area contributed by atoms with Crippen LogP contribution in [0.15, 0.2) is 42.5 Å². The maximum Gasteiger partial charge on any atom is 0.319 e. The second-order valence-electron chi connectivity index (χ2n) is 4.70. The highest BCUT2D eigenvalue weighted by molar-refractivity contribution is 5.89. The van der Waals surface area contributed by atoms with Gasteiger partial charge in [-0.15, -0.1) is 0 Å². The molecule has 2 aromatic rings. The number of anilines is 1. The Labute approximate surface area is 122 Å². The number of hydrogen-bond acceptors (Lipinski definition) is 2. The number of carbonyl (C=O) groups is 1. The second-order valence-corrected chi connectivity index (χ2v) is 4.70. The van der Waals surface area contributed by atoms with E-state index in [0.717, 1.165) is 11.1 Å². The smallest absolute Gasteiger partial charge is 0.319 e. The van der Waals surface area contributed by atoms with E-state index < -0.39 is 6.03 Å². The molecule has 0 saturated carbocycles. The lowest BCUT2D eigenvalue weighted by Crippen LogP contribution is -2.28. The van der Waals surface area contributed by atoms with Crippen molar-refractivity contribution in [3.05, 3.63) is 65.0 Å². The number of nitrogens with one attached hydrogen (secondary N) is 2. The van der Waals surface area contributed by atoms with Gasteiger partial charge in [0.1, 0.15) is 5.82 Å². The van der Waals surface area contributed by atoms with Gasteiger partial charge in [0.15, 0.2) is 0 Å². The SMILES string of the molecule is Cc1ccc(NC(=O)NCc2ccccc2CO)cc1F.